The van der Waals surface area contributed by atoms with Gasteiger partial charge in [-0.1, -0.05) is 30.3 Å². The Morgan fingerprint density at radius 1 is 1.32 bits per heavy atom. The van der Waals surface area contributed by atoms with Gasteiger partial charge in [0.15, 0.2) is 0 Å². The minimum Gasteiger partial charge on any atom is -0.444 e. The molecule has 0 aliphatic carbocycles. The molecule has 1 rings (SSSR count). The van der Waals surface area contributed by atoms with Crippen LogP contribution in [0.1, 0.15) is 38.9 Å². The van der Waals surface area contributed by atoms with E-state index in [4.69, 9.17) is 4.74 Å². The van der Waals surface area contributed by atoms with Gasteiger partial charge >= 0.3 is 6.09 Å². The van der Waals surface area contributed by atoms with E-state index in [1.54, 1.807) is 7.05 Å². The summed E-state index contributed by atoms with van der Waals surface area (Å²) in [6.07, 6.45) is -0.446. The molecule has 1 aromatic rings. The van der Waals surface area contributed by atoms with Crippen LogP contribution >= 0.6 is 0 Å². The highest BCUT2D eigenvalue weighted by atomic mass is 16.6. The predicted molar refractivity (Wildman–Crippen MR) is 74.9 cm³/mol. The Kier molecular flexibility index (Phi) is 5.36. The van der Waals surface area contributed by atoms with E-state index >= 15 is 0 Å². The number of rotatable bonds is 4. The average Bonchev–Trinajstić information content (AvgIpc) is 2.34. The molecule has 0 spiro atoms. The molecule has 0 heterocycles. The largest absolute Gasteiger partial charge is 0.444 e. The third-order valence-corrected chi connectivity index (χ3v) is 2.63. The van der Waals surface area contributed by atoms with Gasteiger partial charge in [-0.3, -0.25) is 0 Å². The van der Waals surface area contributed by atoms with E-state index in [1.807, 2.05) is 51.1 Å². The second kappa shape index (κ2) is 6.57. The molecule has 0 unspecified atom stereocenters. The maximum absolute atomic E-state index is 11.7. The fourth-order valence-electron chi connectivity index (χ4n) is 1.59. The minimum absolute atomic E-state index is 0.368. The topological polar surface area (TPSA) is 49.8 Å². The van der Waals surface area contributed by atoms with E-state index in [-0.39, 0.29) is 6.09 Å². The van der Waals surface area contributed by atoms with Crippen LogP contribution in [0.25, 0.3) is 0 Å². The number of hydrogen-bond donors (Lipinski definition) is 1. The second-order valence-corrected chi connectivity index (χ2v) is 5.62. The lowest BCUT2D eigenvalue weighted by Gasteiger charge is -2.25. The normalized spacial score (nSPS) is 12.9. The zero-order chi connectivity index (χ0) is 14.5. The first-order valence-corrected chi connectivity index (χ1v) is 6.47. The van der Waals surface area contributed by atoms with Crippen molar-refractivity contribution in [3.05, 3.63) is 35.9 Å². The highest BCUT2D eigenvalue weighted by Crippen LogP contribution is 2.17. The van der Waals surface area contributed by atoms with Gasteiger partial charge in [0.25, 0.3) is 0 Å². The summed E-state index contributed by atoms with van der Waals surface area (Å²) in [5.41, 5.74) is 0.365. The van der Waals surface area contributed by atoms with Crippen LogP contribution in [0.4, 0.5) is 4.79 Å². The SMILES string of the molecule is CN(CC[C@H](O)c1ccccc1)C(=O)OC(C)(C)C. The van der Waals surface area contributed by atoms with Crippen LogP contribution in [0.2, 0.25) is 0 Å². The maximum Gasteiger partial charge on any atom is 0.410 e. The van der Waals surface area contributed by atoms with Gasteiger partial charge in [-0.2, -0.15) is 0 Å². The Labute approximate surface area is 115 Å². The van der Waals surface area contributed by atoms with Crippen molar-refractivity contribution >= 4 is 6.09 Å². The molecule has 1 atom stereocenters. The Balaban J connectivity index is 2.42. The van der Waals surface area contributed by atoms with E-state index in [0.29, 0.717) is 13.0 Å². The molecule has 0 saturated heterocycles. The number of aliphatic hydroxyl groups is 1. The summed E-state index contributed by atoms with van der Waals surface area (Å²) in [4.78, 5) is 13.2. The number of carbonyl (C=O) groups excluding carboxylic acids is 1. The molecule has 1 aromatic carbocycles. The Bertz CT molecular complexity index is 398. The molecule has 1 N–H and O–H groups in total. The number of ether oxygens (including phenoxy) is 1. The lowest BCUT2D eigenvalue weighted by molar-refractivity contribution is 0.0273. The number of carbonyl (C=O) groups is 1. The van der Waals surface area contributed by atoms with Crippen molar-refractivity contribution in [3.8, 4) is 0 Å². The summed E-state index contributed by atoms with van der Waals surface area (Å²) in [6.45, 7) is 5.94. The van der Waals surface area contributed by atoms with Crippen LogP contribution in [0.3, 0.4) is 0 Å². The van der Waals surface area contributed by atoms with E-state index in [0.717, 1.165) is 5.56 Å². The van der Waals surface area contributed by atoms with Gasteiger partial charge in [0.1, 0.15) is 5.60 Å². The Morgan fingerprint density at radius 3 is 2.42 bits per heavy atom. The lowest BCUT2D eigenvalue weighted by Crippen LogP contribution is -2.35. The molecule has 0 aromatic heterocycles. The Morgan fingerprint density at radius 2 is 1.89 bits per heavy atom. The summed E-state index contributed by atoms with van der Waals surface area (Å²) in [5, 5.41) is 10.0. The lowest BCUT2D eigenvalue weighted by atomic mass is 10.1. The molecule has 106 valence electrons. The number of hydrogen-bond acceptors (Lipinski definition) is 3. The van der Waals surface area contributed by atoms with Gasteiger partial charge in [0, 0.05) is 13.6 Å². The van der Waals surface area contributed by atoms with Crippen molar-refractivity contribution in [2.45, 2.75) is 38.9 Å². The van der Waals surface area contributed by atoms with Crippen LogP contribution in [0, 0.1) is 0 Å². The zero-order valence-electron chi connectivity index (χ0n) is 12.1. The van der Waals surface area contributed by atoms with E-state index in [2.05, 4.69) is 0 Å². The predicted octanol–water partition coefficient (Wildman–Crippen LogP) is 2.98. The molecule has 19 heavy (non-hydrogen) atoms. The number of aliphatic hydroxyl groups excluding tert-OH is 1. The van der Waals surface area contributed by atoms with Crippen molar-refractivity contribution in [1.29, 1.82) is 0 Å². The quantitative estimate of drug-likeness (QED) is 0.910. The fourth-order valence-corrected chi connectivity index (χ4v) is 1.59. The summed E-state index contributed by atoms with van der Waals surface area (Å²) in [7, 11) is 1.67. The first kappa shape index (κ1) is 15.5. The Hall–Kier alpha value is -1.55. The average molecular weight is 265 g/mol. The highest BCUT2D eigenvalue weighted by molar-refractivity contribution is 5.67. The summed E-state index contributed by atoms with van der Waals surface area (Å²) in [5.74, 6) is 0. The van der Waals surface area contributed by atoms with E-state index < -0.39 is 11.7 Å². The number of benzene rings is 1. The molecule has 1 amide bonds. The van der Waals surface area contributed by atoms with E-state index in [9.17, 15) is 9.90 Å². The van der Waals surface area contributed by atoms with Crippen molar-refractivity contribution < 1.29 is 14.6 Å². The molecular weight excluding hydrogens is 242 g/mol. The number of amides is 1. The monoisotopic (exact) mass is 265 g/mol. The maximum atomic E-state index is 11.7. The van der Waals surface area contributed by atoms with Crippen molar-refractivity contribution in [2.24, 2.45) is 0 Å². The zero-order valence-corrected chi connectivity index (χ0v) is 12.1. The molecule has 4 nitrogen and oxygen atoms in total. The first-order chi connectivity index (χ1) is 8.79. The third kappa shape index (κ3) is 5.75. The van der Waals surface area contributed by atoms with Crippen LogP contribution in [0.5, 0.6) is 0 Å². The number of nitrogens with zero attached hydrogens (tertiary/aromatic N) is 1. The van der Waals surface area contributed by atoms with Gasteiger partial charge < -0.3 is 14.7 Å². The molecule has 0 aliphatic rings. The molecule has 0 bridgehead atoms. The molecule has 0 fully saturated rings. The molecule has 0 saturated carbocycles. The highest BCUT2D eigenvalue weighted by Gasteiger charge is 2.20. The molecule has 4 heteroatoms. The molecule has 0 aliphatic heterocycles. The van der Waals surface area contributed by atoms with Crippen molar-refractivity contribution in [2.75, 3.05) is 13.6 Å². The van der Waals surface area contributed by atoms with Crippen molar-refractivity contribution in [1.82, 2.24) is 4.90 Å². The second-order valence-electron chi connectivity index (χ2n) is 5.62. The van der Waals surface area contributed by atoms with Gasteiger partial charge in [0.2, 0.25) is 0 Å². The van der Waals surface area contributed by atoms with Crippen LogP contribution in [-0.4, -0.2) is 35.3 Å². The van der Waals surface area contributed by atoms with Crippen molar-refractivity contribution in [3.63, 3.8) is 0 Å². The first-order valence-electron chi connectivity index (χ1n) is 6.47. The summed E-state index contributed by atoms with van der Waals surface area (Å²) in [6, 6.07) is 9.42. The molecular formula is C15H23NO3. The summed E-state index contributed by atoms with van der Waals surface area (Å²) >= 11 is 0. The van der Waals surface area contributed by atoms with Crippen LogP contribution in [0.15, 0.2) is 30.3 Å². The third-order valence-electron chi connectivity index (χ3n) is 2.63. The minimum atomic E-state index is -0.564. The molecule has 0 radical (unpaired) electrons. The van der Waals surface area contributed by atoms with Gasteiger partial charge in [-0.15, -0.1) is 0 Å². The smallest absolute Gasteiger partial charge is 0.410 e. The summed E-state index contributed by atoms with van der Waals surface area (Å²) < 4.78 is 5.24. The van der Waals surface area contributed by atoms with E-state index in [1.165, 1.54) is 4.90 Å². The van der Waals surface area contributed by atoms with Gasteiger partial charge in [-0.25, -0.2) is 4.79 Å². The van der Waals surface area contributed by atoms with Crippen LogP contribution in [-0.2, 0) is 4.74 Å². The fraction of sp³-hybridized carbons (Fsp3) is 0.533. The van der Waals surface area contributed by atoms with Gasteiger partial charge in [-0.05, 0) is 32.8 Å². The van der Waals surface area contributed by atoms with Crippen LogP contribution < -0.4 is 0 Å². The standard InChI is InChI=1S/C15H23NO3/c1-15(2,3)19-14(18)16(4)11-10-13(17)12-8-6-5-7-9-12/h5-9,13,17H,10-11H2,1-4H3/t13-/m0/s1. The van der Waals surface area contributed by atoms with Gasteiger partial charge in [0.05, 0.1) is 6.10 Å².